The molecule has 2 fully saturated rings. The first-order valence-corrected chi connectivity index (χ1v) is 7.87. The average Bonchev–Trinajstić information content (AvgIpc) is 2.77. The van der Waals surface area contributed by atoms with Crippen molar-refractivity contribution in [2.24, 2.45) is 0 Å². The van der Waals surface area contributed by atoms with E-state index in [1.54, 1.807) is 0 Å². The van der Waals surface area contributed by atoms with E-state index in [4.69, 9.17) is 11.6 Å². The fourth-order valence-electron chi connectivity index (χ4n) is 3.38. The molecule has 3 rings (SSSR count). The molecule has 1 aromatic rings. The highest BCUT2D eigenvalue weighted by Crippen LogP contribution is 2.26. The van der Waals surface area contributed by atoms with E-state index in [0.717, 1.165) is 29.8 Å². The molecule has 5 heteroatoms. The molecule has 0 aliphatic carbocycles. The summed E-state index contributed by atoms with van der Waals surface area (Å²) in [6.45, 7) is 0. The van der Waals surface area contributed by atoms with Gasteiger partial charge in [-0.15, -0.1) is 12.4 Å². The predicted octanol–water partition coefficient (Wildman–Crippen LogP) is 3.09. The Morgan fingerprint density at radius 1 is 1.19 bits per heavy atom. The maximum atomic E-state index is 12.0. The Morgan fingerprint density at radius 2 is 1.81 bits per heavy atom. The Hall–Kier alpha value is -0.770. The Balaban J connectivity index is 0.00000161. The topological polar surface area (TPSA) is 41.1 Å². The summed E-state index contributed by atoms with van der Waals surface area (Å²) < 4.78 is 0. The molecule has 2 bridgehead atoms. The van der Waals surface area contributed by atoms with Gasteiger partial charge >= 0.3 is 0 Å². The van der Waals surface area contributed by atoms with E-state index in [9.17, 15) is 4.79 Å². The van der Waals surface area contributed by atoms with Crippen molar-refractivity contribution in [3.05, 3.63) is 34.9 Å². The SMILES string of the molecule is Cl.O=C(CCc1ccc(Cl)cc1)NC1CC2CCC(C1)N2. The van der Waals surface area contributed by atoms with Crippen LogP contribution in [-0.4, -0.2) is 24.0 Å². The summed E-state index contributed by atoms with van der Waals surface area (Å²) in [4.78, 5) is 12.0. The van der Waals surface area contributed by atoms with E-state index in [-0.39, 0.29) is 18.3 Å². The second-order valence-corrected chi connectivity index (χ2v) is 6.44. The zero-order valence-electron chi connectivity index (χ0n) is 12.0. The van der Waals surface area contributed by atoms with Crippen LogP contribution >= 0.6 is 24.0 Å². The number of halogens is 2. The van der Waals surface area contributed by atoms with Crippen LogP contribution in [0.5, 0.6) is 0 Å². The molecule has 2 aliphatic rings. The van der Waals surface area contributed by atoms with Crippen molar-refractivity contribution in [3.63, 3.8) is 0 Å². The molecule has 0 radical (unpaired) electrons. The summed E-state index contributed by atoms with van der Waals surface area (Å²) >= 11 is 5.85. The third kappa shape index (κ3) is 4.60. The van der Waals surface area contributed by atoms with Crippen LogP contribution in [0.2, 0.25) is 5.02 Å². The number of carbonyl (C=O) groups is 1. The fourth-order valence-corrected chi connectivity index (χ4v) is 3.51. The minimum Gasteiger partial charge on any atom is -0.353 e. The van der Waals surface area contributed by atoms with Crippen LogP contribution in [0.15, 0.2) is 24.3 Å². The molecule has 2 aliphatic heterocycles. The summed E-state index contributed by atoms with van der Waals surface area (Å²) in [6.07, 6.45) is 6.04. The molecule has 2 heterocycles. The number of rotatable bonds is 4. The highest BCUT2D eigenvalue weighted by atomic mass is 35.5. The normalized spacial score (nSPS) is 27.0. The van der Waals surface area contributed by atoms with E-state index in [2.05, 4.69) is 10.6 Å². The molecular formula is C16H22Cl2N2O. The summed E-state index contributed by atoms with van der Waals surface area (Å²) in [5.74, 6) is 0.172. The molecule has 116 valence electrons. The van der Waals surface area contributed by atoms with Gasteiger partial charge in [0.15, 0.2) is 0 Å². The van der Waals surface area contributed by atoms with Gasteiger partial charge in [0.1, 0.15) is 0 Å². The predicted molar refractivity (Wildman–Crippen MR) is 88.1 cm³/mol. The van der Waals surface area contributed by atoms with Gasteiger partial charge in [-0.25, -0.2) is 0 Å². The van der Waals surface area contributed by atoms with E-state index in [1.807, 2.05) is 24.3 Å². The van der Waals surface area contributed by atoms with Crippen molar-refractivity contribution < 1.29 is 4.79 Å². The van der Waals surface area contributed by atoms with Crippen LogP contribution in [0, 0.1) is 0 Å². The number of amides is 1. The van der Waals surface area contributed by atoms with E-state index < -0.39 is 0 Å². The maximum absolute atomic E-state index is 12.0. The van der Waals surface area contributed by atoms with Crippen LogP contribution < -0.4 is 10.6 Å². The lowest BCUT2D eigenvalue weighted by Gasteiger charge is -2.29. The summed E-state index contributed by atoms with van der Waals surface area (Å²) in [5.41, 5.74) is 1.16. The molecule has 2 unspecified atom stereocenters. The molecule has 2 saturated heterocycles. The van der Waals surface area contributed by atoms with Gasteiger partial charge in [0.2, 0.25) is 5.91 Å². The van der Waals surface area contributed by atoms with Crippen molar-refractivity contribution in [2.45, 2.75) is 56.7 Å². The molecule has 2 atom stereocenters. The molecule has 1 aromatic carbocycles. The first-order chi connectivity index (χ1) is 9.69. The van der Waals surface area contributed by atoms with Gasteiger partial charge in [-0.05, 0) is 49.8 Å². The zero-order valence-corrected chi connectivity index (χ0v) is 13.6. The summed E-state index contributed by atoms with van der Waals surface area (Å²) in [6, 6.07) is 9.33. The van der Waals surface area contributed by atoms with Crippen molar-refractivity contribution in [1.29, 1.82) is 0 Å². The Morgan fingerprint density at radius 3 is 2.43 bits per heavy atom. The minimum atomic E-state index is 0. The van der Waals surface area contributed by atoms with Gasteiger partial charge in [0.25, 0.3) is 0 Å². The van der Waals surface area contributed by atoms with E-state index in [0.29, 0.717) is 24.5 Å². The number of piperidine rings is 1. The van der Waals surface area contributed by atoms with Crippen LogP contribution in [0.25, 0.3) is 0 Å². The van der Waals surface area contributed by atoms with Crippen LogP contribution in [-0.2, 0) is 11.2 Å². The average molecular weight is 329 g/mol. The molecular weight excluding hydrogens is 307 g/mol. The molecule has 0 saturated carbocycles. The Bertz CT molecular complexity index is 466. The maximum Gasteiger partial charge on any atom is 0.220 e. The highest BCUT2D eigenvalue weighted by molar-refractivity contribution is 6.30. The molecule has 1 amide bonds. The summed E-state index contributed by atoms with van der Waals surface area (Å²) in [7, 11) is 0. The summed E-state index contributed by atoms with van der Waals surface area (Å²) in [5, 5.41) is 7.53. The van der Waals surface area contributed by atoms with Crippen molar-refractivity contribution in [3.8, 4) is 0 Å². The van der Waals surface area contributed by atoms with E-state index >= 15 is 0 Å². The number of aryl methyl sites for hydroxylation is 1. The van der Waals surface area contributed by atoms with Gasteiger partial charge in [-0.2, -0.15) is 0 Å². The van der Waals surface area contributed by atoms with Gasteiger partial charge in [-0.1, -0.05) is 23.7 Å². The lowest BCUT2D eigenvalue weighted by molar-refractivity contribution is -0.122. The Kier molecular flexibility index (Phi) is 5.91. The first kappa shape index (κ1) is 16.6. The lowest BCUT2D eigenvalue weighted by atomic mass is 9.99. The van der Waals surface area contributed by atoms with Gasteiger partial charge in [0.05, 0.1) is 0 Å². The number of nitrogens with one attached hydrogen (secondary N) is 2. The fraction of sp³-hybridized carbons (Fsp3) is 0.562. The van der Waals surface area contributed by atoms with Crippen LogP contribution in [0.4, 0.5) is 0 Å². The van der Waals surface area contributed by atoms with Gasteiger partial charge in [-0.3, -0.25) is 4.79 Å². The third-order valence-corrected chi connectivity index (χ3v) is 4.64. The van der Waals surface area contributed by atoms with Crippen LogP contribution in [0.3, 0.4) is 0 Å². The van der Waals surface area contributed by atoms with Crippen molar-refractivity contribution in [1.82, 2.24) is 10.6 Å². The van der Waals surface area contributed by atoms with Gasteiger partial charge in [0, 0.05) is 29.6 Å². The molecule has 0 aromatic heterocycles. The molecule has 2 N–H and O–H groups in total. The number of hydrogen-bond acceptors (Lipinski definition) is 2. The standard InChI is InChI=1S/C16H21ClN2O.ClH/c17-12-4-1-11(2-5-12)3-8-16(20)19-15-9-13-6-7-14(10-15)18-13;/h1-2,4-5,13-15,18H,3,6-10H2,(H,19,20);1H. The van der Waals surface area contributed by atoms with Gasteiger partial charge < -0.3 is 10.6 Å². The quantitative estimate of drug-likeness (QED) is 0.891. The highest BCUT2D eigenvalue weighted by Gasteiger charge is 2.33. The molecule has 3 nitrogen and oxygen atoms in total. The largest absolute Gasteiger partial charge is 0.353 e. The van der Waals surface area contributed by atoms with Crippen LogP contribution in [0.1, 0.15) is 37.7 Å². The number of benzene rings is 1. The number of hydrogen-bond donors (Lipinski definition) is 2. The molecule has 21 heavy (non-hydrogen) atoms. The smallest absolute Gasteiger partial charge is 0.220 e. The monoisotopic (exact) mass is 328 g/mol. The zero-order chi connectivity index (χ0) is 13.9. The first-order valence-electron chi connectivity index (χ1n) is 7.49. The number of carbonyl (C=O) groups excluding carboxylic acids is 1. The van der Waals surface area contributed by atoms with E-state index in [1.165, 1.54) is 12.8 Å². The van der Waals surface area contributed by atoms with Crippen molar-refractivity contribution in [2.75, 3.05) is 0 Å². The third-order valence-electron chi connectivity index (χ3n) is 4.39. The number of fused-ring (bicyclic) bond motifs is 2. The second kappa shape index (κ2) is 7.48. The molecule has 0 spiro atoms. The second-order valence-electron chi connectivity index (χ2n) is 6.00. The Labute approximate surface area is 137 Å². The van der Waals surface area contributed by atoms with Crippen molar-refractivity contribution >= 4 is 29.9 Å². The lowest BCUT2D eigenvalue weighted by Crippen LogP contribution is -2.48. The minimum absolute atomic E-state index is 0.